The monoisotopic (exact) mass is 313 g/mol. The van der Waals surface area contributed by atoms with Crippen LogP contribution in [0.25, 0.3) is 0 Å². The van der Waals surface area contributed by atoms with Crippen LogP contribution in [0, 0.1) is 5.82 Å². The standard InChI is InChI=1S/C13H13BrFNO2/c14-12-2-1-11(15)7-13(12)18-6-4-16-8-10-3-5-17-9-10/h1-3,5,7,9,16H,4,6,8H2. The van der Waals surface area contributed by atoms with Crippen LogP contribution in [0.3, 0.4) is 0 Å². The Bertz CT molecular complexity index is 488. The van der Waals surface area contributed by atoms with E-state index in [0.29, 0.717) is 18.9 Å². The number of ether oxygens (including phenoxy) is 1. The third-order valence-corrected chi connectivity index (χ3v) is 2.99. The summed E-state index contributed by atoms with van der Waals surface area (Å²) in [5.41, 5.74) is 1.09. The molecule has 3 nitrogen and oxygen atoms in total. The van der Waals surface area contributed by atoms with E-state index in [4.69, 9.17) is 9.15 Å². The molecule has 1 N–H and O–H groups in total. The van der Waals surface area contributed by atoms with Gasteiger partial charge in [0.1, 0.15) is 18.2 Å². The van der Waals surface area contributed by atoms with Crippen LogP contribution in [0.2, 0.25) is 0 Å². The van der Waals surface area contributed by atoms with Gasteiger partial charge < -0.3 is 14.5 Å². The summed E-state index contributed by atoms with van der Waals surface area (Å²) in [6, 6.07) is 6.27. The van der Waals surface area contributed by atoms with Crippen LogP contribution in [0.1, 0.15) is 5.56 Å². The average Bonchev–Trinajstić information content (AvgIpc) is 2.86. The molecule has 0 saturated heterocycles. The lowest BCUT2D eigenvalue weighted by molar-refractivity contribution is 0.310. The van der Waals surface area contributed by atoms with E-state index in [1.165, 1.54) is 12.1 Å². The van der Waals surface area contributed by atoms with Crippen molar-refractivity contribution in [2.75, 3.05) is 13.2 Å². The largest absolute Gasteiger partial charge is 0.491 e. The molecule has 0 unspecified atom stereocenters. The fourth-order valence-corrected chi connectivity index (χ4v) is 1.81. The van der Waals surface area contributed by atoms with E-state index in [9.17, 15) is 4.39 Å². The molecule has 2 rings (SSSR count). The number of hydrogen-bond donors (Lipinski definition) is 1. The molecule has 2 aromatic rings. The van der Waals surface area contributed by atoms with Crippen molar-refractivity contribution in [1.29, 1.82) is 0 Å². The Morgan fingerprint density at radius 3 is 3.00 bits per heavy atom. The lowest BCUT2D eigenvalue weighted by atomic mass is 10.3. The summed E-state index contributed by atoms with van der Waals surface area (Å²) in [6.45, 7) is 1.87. The summed E-state index contributed by atoms with van der Waals surface area (Å²) < 4.78 is 24.1. The maximum Gasteiger partial charge on any atom is 0.136 e. The molecular weight excluding hydrogens is 301 g/mol. The first-order chi connectivity index (χ1) is 8.75. The molecule has 0 amide bonds. The minimum atomic E-state index is -0.306. The van der Waals surface area contributed by atoms with Gasteiger partial charge in [-0.1, -0.05) is 0 Å². The molecule has 0 aliphatic rings. The van der Waals surface area contributed by atoms with E-state index < -0.39 is 0 Å². The molecule has 0 aliphatic heterocycles. The van der Waals surface area contributed by atoms with Crippen molar-refractivity contribution < 1.29 is 13.5 Å². The second-order valence-electron chi connectivity index (χ2n) is 3.73. The summed E-state index contributed by atoms with van der Waals surface area (Å²) in [5, 5.41) is 3.20. The highest BCUT2D eigenvalue weighted by Crippen LogP contribution is 2.25. The molecule has 0 spiro atoms. The van der Waals surface area contributed by atoms with E-state index >= 15 is 0 Å². The first-order valence-corrected chi connectivity index (χ1v) is 6.34. The maximum absolute atomic E-state index is 13.0. The zero-order chi connectivity index (χ0) is 12.8. The Kier molecular flexibility index (Phi) is 4.78. The van der Waals surface area contributed by atoms with E-state index in [0.717, 1.165) is 16.6 Å². The fraction of sp³-hybridized carbons (Fsp3) is 0.231. The molecule has 0 atom stereocenters. The highest BCUT2D eigenvalue weighted by molar-refractivity contribution is 9.10. The maximum atomic E-state index is 13.0. The quantitative estimate of drug-likeness (QED) is 0.830. The van der Waals surface area contributed by atoms with Gasteiger partial charge in [-0.3, -0.25) is 0 Å². The molecule has 1 aromatic heterocycles. The van der Waals surface area contributed by atoms with Crippen LogP contribution in [0.4, 0.5) is 4.39 Å². The van der Waals surface area contributed by atoms with Crippen LogP contribution in [0.5, 0.6) is 5.75 Å². The average molecular weight is 314 g/mol. The molecule has 0 bridgehead atoms. The van der Waals surface area contributed by atoms with Gasteiger partial charge in [0.15, 0.2) is 0 Å². The van der Waals surface area contributed by atoms with Crippen molar-refractivity contribution in [2.45, 2.75) is 6.54 Å². The molecule has 0 aliphatic carbocycles. The molecule has 1 aromatic carbocycles. The molecule has 5 heteroatoms. The van der Waals surface area contributed by atoms with Crippen LogP contribution in [-0.4, -0.2) is 13.2 Å². The first kappa shape index (κ1) is 13.1. The second-order valence-corrected chi connectivity index (χ2v) is 4.59. The summed E-state index contributed by atoms with van der Waals surface area (Å²) in [4.78, 5) is 0. The molecule has 0 saturated carbocycles. The number of furan rings is 1. The summed E-state index contributed by atoms with van der Waals surface area (Å²) in [7, 11) is 0. The van der Waals surface area contributed by atoms with Gasteiger partial charge in [-0.15, -0.1) is 0 Å². The first-order valence-electron chi connectivity index (χ1n) is 5.55. The number of hydrogen-bond acceptors (Lipinski definition) is 3. The highest BCUT2D eigenvalue weighted by Gasteiger charge is 2.02. The lowest BCUT2D eigenvalue weighted by Crippen LogP contribution is -2.20. The van der Waals surface area contributed by atoms with Gasteiger partial charge in [-0.2, -0.15) is 0 Å². The van der Waals surface area contributed by atoms with E-state index in [2.05, 4.69) is 21.2 Å². The van der Waals surface area contributed by atoms with E-state index in [-0.39, 0.29) is 5.82 Å². The van der Waals surface area contributed by atoms with Crippen LogP contribution < -0.4 is 10.1 Å². The highest BCUT2D eigenvalue weighted by atomic mass is 79.9. The van der Waals surface area contributed by atoms with Crippen molar-refractivity contribution in [3.63, 3.8) is 0 Å². The molecule has 96 valence electrons. The smallest absolute Gasteiger partial charge is 0.136 e. The SMILES string of the molecule is Fc1ccc(Br)c(OCCNCc2ccoc2)c1. The van der Waals surface area contributed by atoms with Gasteiger partial charge in [0.05, 0.1) is 17.0 Å². The summed E-state index contributed by atoms with van der Waals surface area (Å²) in [5.74, 6) is 0.208. The van der Waals surface area contributed by atoms with Gasteiger partial charge >= 0.3 is 0 Å². The third kappa shape index (κ3) is 3.85. The topological polar surface area (TPSA) is 34.4 Å². The number of benzene rings is 1. The van der Waals surface area contributed by atoms with Crippen molar-refractivity contribution in [2.24, 2.45) is 0 Å². The lowest BCUT2D eigenvalue weighted by Gasteiger charge is -2.08. The number of rotatable bonds is 6. The normalized spacial score (nSPS) is 10.6. The molecular formula is C13H13BrFNO2. The van der Waals surface area contributed by atoms with Gasteiger partial charge in [0, 0.05) is 24.7 Å². The molecule has 18 heavy (non-hydrogen) atoms. The zero-order valence-electron chi connectivity index (χ0n) is 9.66. The molecule has 0 fully saturated rings. The molecule has 1 heterocycles. The van der Waals surface area contributed by atoms with Gasteiger partial charge in [-0.05, 0) is 34.1 Å². The third-order valence-electron chi connectivity index (χ3n) is 2.34. The minimum Gasteiger partial charge on any atom is -0.491 e. The van der Waals surface area contributed by atoms with Gasteiger partial charge in [0.2, 0.25) is 0 Å². The minimum absolute atomic E-state index is 0.306. The van der Waals surface area contributed by atoms with Gasteiger partial charge in [0.25, 0.3) is 0 Å². The van der Waals surface area contributed by atoms with Gasteiger partial charge in [-0.25, -0.2) is 4.39 Å². The Morgan fingerprint density at radius 1 is 1.33 bits per heavy atom. The zero-order valence-corrected chi connectivity index (χ0v) is 11.2. The van der Waals surface area contributed by atoms with E-state index in [1.807, 2.05) is 6.07 Å². The summed E-state index contributed by atoms with van der Waals surface area (Å²) in [6.07, 6.45) is 3.33. The molecule has 0 radical (unpaired) electrons. The van der Waals surface area contributed by atoms with Crippen molar-refractivity contribution in [3.8, 4) is 5.75 Å². The van der Waals surface area contributed by atoms with Crippen molar-refractivity contribution >= 4 is 15.9 Å². The number of nitrogens with one attached hydrogen (secondary N) is 1. The van der Waals surface area contributed by atoms with E-state index in [1.54, 1.807) is 18.6 Å². The van der Waals surface area contributed by atoms with Crippen LogP contribution in [0.15, 0.2) is 45.7 Å². The fourth-order valence-electron chi connectivity index (χ4n) is 1.45. The number of halogens is 2. The predicted molar refractivity (Wildman–Crippen MR) is 70.0 cm³/mol. The Morgan fingerprint density at radius 2 is 2.22 bits per heavy atom. The van der Waals surface area contributed by atoms with Crippen LogP contribution in [-0.2, 0) is 6.54 Å². The second kappa shape index (κ2) is 6.56. The van der Waals surface area contributed by atoms with Crippen molar-refractivity contribution in [3.05, 3.63) is 52.6 Å². The Labute approximate surface area is 113 Å². The summed E-state index contributed by atoms with van der Waals surface area (Å²) >= 11 is 3.31. The Hall–Kier alpha value is -1.33. The van der Waals surface area contributed by atoms with Crippen molar-refractivity contribution in [1.82, 2.24) is 5.32 Å². The Balaban J connectivity index is 1.70. The predicted octanol–water partition coefficient (Wildman–Crippen LogP) is 3.35. The van der Waals surface area contributed by atoms with Crippen LogP contribution >= 0.6 is 15.9 Å².